The number of benzene rings is 1. The van der Waals surface area contributed by atoms with Crippen LogP contribution in [-0.4, -0.2) is 39.1 Å². The van der Waals surface area contributed by atoms with Gasteiger partial charge in [0, 0.05) is 13.6 Å². The second-order valence-corrected chi connectivity index (χ2v) is 4.59. The zero-order valence-corrected chi connectivity index (χ0v) is 11.4. The molecule has 108 valence electrons. The van der Waals surface area contributed by atoms with E-state index < -0.39 is 11.7 Å². The van der Waals surface area contributed by atoms with Crippen molar-refractivity contribution in [3.05, 3.63) is 23.8 Å². The van der Waals surface area contributed by atoms with Crippen molar-refractivity contribution in [3.63, 3.8) is 0 Å². The van der Waals surface area contributed by atoms with Crippen molar-refractivity contribution in [1.29, 1.82) is 0 Å². The number of hydrogen-bond donors (Lipinski definition) is 2. The molecule has 1 aromatic carbocycles. The first-order valence-corrected chi connectivity index (χ1v) is 6.12. The highest BCUT2D eigenvalue weighted by Crippen LogP contribution is 2.33. The molecule has 1 rings (SSSR count). The van der Waals surface area contributed by atoms with E-state index in [2.05, 4.69) is 10.6 Å². The Morgan fingerprint density at radius 3 is 2.37 bits per heavy atom. The molecular weight excluding hydrogens is 255 g/mol. The van der Waals surface area contributed by atoms with E-state index >= 15 is 0 Å². The second-order valence-electron chi connectivity index (χ2n) is 4.59. The Hall–Kier alpha value is -1.43. The van der Waals surface area contributed by atoms with E-state index in [1.54, 1.807) is 7.05 Å². The van der Waals surface area contributed by atoms with Gasteiger partial charge in [-0.2, -0.15) is 13.2 Å². The summed E-state index contributed by atoms with van der Waals surface area (Å²) in [4.78, 5) is 2.03. The van der Waals surface area contributed by atoms with Crippen molar-refractivity contribution in [1.82, 2.24) is 4.90 Å². The number of rotatable bonds is 6. The van der Waals surface area contributed by atoms with Crippen LogP contribution in [0.5, 0.6) is 0 Å². The zero-order valence-electron chi connectivity index (χ0n) is 11.4. The predicted molar refractivity (Wildman–Crippen MR) is 72.7 cm³/mol. The third-order valence-electron chi connectivity index (χ3n) is 2.71. The summed E-state index contributed by atoms with van der Waals surface area (Å²) in [6.07, 6.45) is -3.45. The predicted octanol–water partition coefficient (Wildman–Crippen LogP) is 3.11. The van der Waals surface area contributed by atoms with Crippen molar-refractivity contribution >= 4 is 11.4 Å². The van der Waals surface area contributed by atoms with Gasteiger partial charge in [-0.25, -0.2) is 0 Å². The highest BCUT2D eigenvalue weighted by molar-refractivity contribution is 5.69. The number of hydrogen-bond acceptors (Lipinski definition) is 3. The average Bonchev–Trinajstić information content (AvgIpc) is 2.33. The van der Waals surface area contributed by atoms with Crippen molar-refractivity contribution in [2.24, 2.45) is 0 Å². The summed E-state index contributed by atoms with van der Waals surface area (Å²) in [5.41, 5.74) is 0.510. The fourth-order valence-electron chi connectivity index (χ4n) is 1.70. The standard InChI is InChI=1S/C13H20F3N3/c1-17-11-6-5-10(13(14,15)16)9-12(11)18-7-4-8-19(2)3/h5-6,9,17-18H,4,7-8H2,1-3H3. The number of alkyl halides is 3. The molecule has 0 amide bonds. The molecule has 0 bridgehead atoms. The van der Waals surface area contributed by atoms with Gasteiger partial charge in [0.2, 0.25) is 0 Å². The van der Waals surface area contributed by atoms with E-state index in [1.807, 2.05) is 19.0 Å². The molecule has 0 saturated heterocycles. The summed E-state index contributed by atoms with van der Waals surface area (Å²) in [6, 6.07) is 3.66. The van der Waals surface area contributed by atoms with Crippen LogP contribution in [0.25, 0.3) is 0 Å². The monoisotopic (exact) mass is 275 g/mol. The first kappa shape index (κ1) is 15.6. The lowest BCUT2D eigenvalue weighted by atomic mass is 10.1. The summed E-state index contributed by atoms with van der Waals surface area (Å²) in [6.45, 7) is 1.52. The van der Waals surface area contributed by atoms with Crippen molar-refractivity contribution in [2.45, 2.75) is 12.6 Å². The average molecular weight is 275 g/mol. The Balaban J connectivity index is 2.73. The Morgan fingerprint density at radius 2 is 1.84 bits per heavy atom. The van der Waals surface area contributed by atoms with Gasteiger partial charge in [-0.3, -0.25) is 0 Å². The first-order chi connectivity index (χ1) is 8.84. The molecule has 19 heavy (non-hydrogen) atoms. The molecule has 3 nitrogen and oxygen atoms in total. The molecular formula is C13H20F3N3. The van der Waals surface area contributed by atoms with E-state index in [-0.39, 0.29) is 0 Å². The topological polar surface area (TPSA) is 27.3 Å². The highest BCUT2D eigenvalue weighted by atomic mass is 19.4. The summed E-state index contributed by atoms with van der Waals surface area (Å²) in [7, 11) is 5.61. The van der Waals surface area contributed by atoms with Gasteiger partial charge < -0.3 is 15.5 Å². The van der Waals surface area contributed by atoms with Gasteiger partial charge in [-0.1, -0.05) is 0 Å². The van der Waals surface area contributed by atoms with Crippen LogP contribution >= 0.6 is 0 Å². The minimum atomic E-state index is -4.31. The fourth-order valence-corrected chi connectivity index (χ4v) is 1.70. The Bertz CT molecular complexity index is 403. The van der Waals surface area contributed by atoms with Crippen LogP contribution in [0.2, 0.25) is 0 Å². The van der Waals surface area contributed by atoms with Crippen LogP contribution in [0, 0.1) is 0 Å². The van der Waals surface area contributed by atoms with Gasteiger partial charge in [0.05, 0.1) is 16.9 Å². The fraction of sp³-hybridized carbons (Fsp3) is 0.538. The van der Waals surface area contributed by atoms with Crippen LogP contribution in [0.1, 0.15) is 12.0 Å². The smallest absolute Gasteiger partial charge is 0.386 e. The largest absolute Gasteiger partial charge is 0.416 e. The molecule has 0 unspecified atom stereocenters. The molecule has 0 saturated carbocycles. The lowest BCUT2D eigenvalue weighted by Gasteiger charge is -2.16. The maximum absolute atomic E-state index is 12.6. The molecule has 0 fully saturated rings. The molecule has 0 spiro atoms. The minimum absolute atomic E-state index is 0.482. The number of nitrogens with one attached hydrogen (secondary N) is 2. The van der Waals surface area contributed by atoms with Gasteiger partial charge in [-0.15, -0.1) is 0 Å². The highest BCUT2D eigenvalue weighted by Gasteiger charge is 2.30. The van der Waals surface area contributed by atoms with Crippen LogP contribution in [0.4, 0.5) is 24.5 Å². The number of anilines is 2. The molecule has 0 heterocycles. The normalized spacial score (nSPS) is 11.7. The van der Waals surface area contributed by atoms with Gasteiger partial charge >= 0.3 is 6.18 Å². The van der Waals surface area contributed by atoms with Gasteiger partial charge in [-0.05, 0) is 45.3 Å². The van der Waals surface area contributed by atoms with Crippen LogP contribution in [0.15, 0.2) is 18.2 Å². The summed E-state index contributed by atoms with van der Waals surface area (Å²) < 4.78 is 37.9. The maximum Gasteiger partial charge on any atom is 0.416 e. The van der Waals surface area contributed by atoms with E-state index in [0.717, 1.165) is 25.1 Å². The van der Waals surface area contributed by atoms with Gasteiger partial charge in [0.15, 0.2) is 0 Å². The Kier molecular flexibility index (Phi) is 5.47. The molecule has 0 atom stereocenters. The SMILES string of the molecule is CNc1ccc(C(F)(F)F)cc1NCCCN(C)C. The first-order valence-electron chi connectivity index (χ1n) is 6.12. The van der Waals surface area contributed by atoms with Crippen molar-refractivity contribution < 1.29 is 13.2 Å². The van der Waals surface area contributed by atoms with Crippen molar-refractivity contribution in [2.75, 3.05) is 44.9 Å². The second kappa shape index (κ2) is 6.65. The summed E-state index contributed by atoms with van der Waals surface area (Å²) >= 11 is 0. The molecule has 6 heteroatoms. The molecule has 1 aromatic rings. The van der Waals surface area contributed by atoms with E-state index in [4.69, 9.17) is 0 Å². The summed E-state index contributed by atoms with van der Waals surface area (Å²) in [5, 5.41) is 5.93. The van der Waals surface area contributed by atoms with E-state index in [9.17, 15) is 13.2 Å². The lowest BCUT2D eigenvalue weighted by Crippen LogP contribution is -2.17. The van der Waals surface area contributed by atoms with E-state index in [1.165, 1.54) is 6.07 Å². The molecule has 0 aliphatic heterocycles. The van der Waals surface area contributed by atoms with E-state index in [0.29, 0.717) is 17.9 Å². The molecule has 0 radical (unpaired) electrons. The quantitative estimate of drug-likeness (QED) is 0.781. The van der Waals surface area contributed by atoms with Crippen LogP contribution < -0.4 is 10.6 Å². The molecule has 2 N–H and O–H groups in total. The van der Waals surface area contributed by atoms with Crippen molar-refractivity contribution in [3.8, 4) is 0 Å². The van der Waals surface area contributed by atoms with Gasteiger partial charge in [0.1, 0.15) is 0 Å². The Labute approximate surface area is 111 Å². The third-order valence-corrected chi connectivity index (χ3v) is 2.71. The number of halogens is 3. The number of nitrogens with zero attached hydrogens (tertiary/aromatic N) is 1. The molecule has 0 aliphatic carbocycles. The minimum Gasteiger partial charge on any atom is -0.386 e. The molecule has 0 aliphatic rings. The van der Waals surface area contributed by atoms with Gasteiger partial charge in [0.25, 0.3) is 0 Å². The Morgan fingerprint density at radius 1 is 1.16 bits per heavy atom. The third kappa shape index (κ3) is 4.98. The lowest BCUT2D eigenvalue weighted by molar-refractivity contribution is -0.137. The van der Waals surface area contributed by atoms with Crippen LogP contribution in [-0.2, 0) is 6.18 Å². The summed E-state index contributed by atoms with van der Waals surface area (Å²) in [5.74, 6) is 0. The maximum atomic E-state index is 12.6. The van der Waals surface area contributed by atoms with Crippen LogP contribution in [0.3, 0.4) is 0 Å². The molecule has 0 aromatic heterocycles. The zero-order chi connectivity index (χ0) is 14.5.